The number of fused-ring (bicyclic) bond motifs is 3. The second-order valence-electron chi connectivity index (χ2n) is 5.58. The highest BCUT2D eigenvalue weighted by atomic mass is 32.2. The average Bonchev–Trinajstić information content (AvgIpc) is 3.23. The van der Waals surface area contributed by atoms with E-state index in [9.17, 15) is 4.79 Å². The maximum atomic E-state index is 12.7. The van der Waals surface area contributed by atoms with Gasteiger partial charge >= 0.3 is 0 Å². The van der Waals surface area contributed by atoms with Crippen LogP contribution in [0.1, 0.15) is 29.6 Å². The van der Waals surface area contributed by atoms with Gasteiger partial charge < -0.3 is 0 Å². The van der Waals surface area contributed by atoms with Gasteiger partial charge in [0.15, 0.2) is 5.16 Å². The Bertz CT molecular complexity index is 939. The van der Waals surface area contributed by atoms with Gasteiger partial charge in [0, 0.05) is 18.5 Å². The Morgan fingerprint density at radius 2 is 2.26 bits per heavy atom. The van der Waals surface area contributed by atoms with E-state index in [1.807, 2.05) is 11.6 Å². The monoisotopic (exact) mass is 347 g/mol. The van der Waals surface area contributed by atoms with E-state index in [-0.39, 0.29) is 5.56 Å². The van der Waals surface area contributed by atoms with Crippen LogP contribution < -0.4 is 5.56 Å². The Labute approximate surface area is 141 Å². The van der Waals surface area contributed by atoms with Gasteiger partial charge in [-0.05, 0) is 31.7 Å². The van der Waals surface area contributed by atoms with E-state index >= 15 is 0 Å². The fourth-order valence-electron chi connectivity index (χ4n) is 3.03. The van der Waals surface area contributed by atoms with Gasteiger partial charge in [-0.1, -0.05) is 11.8 Å². The fraction of sp³-hybridized carbons (Fsp3) is 0.467. The predicted octanol–water partition coefficient (Wildman–Crippen LogP) is 2.39. The van der Waals surface area contributed by atoms with Gasteiger partial charge in [-0.25, -0.2) is 14.6 Å². The van der Waals surface area contributed by atoms with Gasteiger partial charge in [-0.15, -0.1) is 11.3 Å². The standard InChI is InChI=1S/C15H17N5OS2/c1-3-20-11(16-8-17-20)7-22-15-18-13-12(14(21)19(15)2)9-5-4-6-10(9)23-13/h8H,3-7H2,1-2H3. The van der Waals surface area contributed by atoms with Crippen molar-refractivity contribution in [2.24, 2.45) is 7.05 Å². The summed E-state index contributed by atoms with van der Waals surface area (Å²) < 4.78 is 3.54. The molecular weight excluding hydrogens is 330 g/mol. The van der Waals surface area contributed by atoms with Crippen molar-refractivity contribution in [1.29, 1.82) is 0 Å². The van der Waals surface area contributed by atoms with Gasteiger partial charge in [-0.2, -0.15) is 5.10 Å². The number of nitrogens with zero attached hydrogens (tertiary/aromatic N) is 5. The molecule has 0 saturated carbocycles. The molecule has 0 radical (unpaired) electrons. The number of aromatic nitrogens is 5. The van der Waals surface area contributed by atoms with E-state index in [1.54, 1.807) is 29.3 Å². The van der Waals surface area contributed by atoms with Crippen molar-refractivity contribution >= 4 is 33.3 Å². The van der Waals surface area contributed by atoms with Gasteiger partial charge in [0.1, 0.15) is 17.0 Å². The molecule has 0 saturated heterocycles. The number of thiophene rings is 1. The van der Waals surface area contributed by atoms with E-state index in [1.165, 1.54) is 22.2 Å². The molecule has 0 N–H and O–H groups in total. The van der Waals surface area contributed by atoms with Crippen LogP contribution in [0.5, 0.6) is 0 Å². The first kappa shape index (κ1) is 14.9. The Morgan fingerprint density at radius 3 is 3.09 bits per heavy atom. The molecule has 23 heavy (non-hydrogen) atoms. The highest BCUT2D eigenvalue weighted by Gasteiger charge is 2.22. The topological polar surface area (TPSA) is 65.6 Å². The molecule has 1 aliphatic rings. The van der Waals surface area contributed by atoms with Crippen LogP contribution in [-0.4, -0.2) is 24.3 Å². The first-order chi connectivity index (χ1) is 11.2. The minimum Gasteiger partial charge on any atom is -0.290 e. The van der Waals surface area contributed by atoms with E-state index in [0.717, 1.165) is 47.0 Å². The molecule has 3 aromatic heterocycles. The van der Waals surface area contributed by atoms with Crippen molar-refractivity contribution in [2.45, 2.75) is 43.6 Å². The van der Waals surface area contributed by atoms with Crippen molar-refractivity contribution in [3.05, 3.63) is 32.9 Å². The van der Waals surface area contributed by atoms with Crippen molar-refractivity contribution < 1.29 is 0 Å². The number of rotatable bonds is 4. The van der Waals surface area contributed by atoms with E-state index in [2.05, 4.69) is 10.1 Å². The van der Waals surface area contributed by atoms with Crippen LogP contribution in [0.25, 0.3) is 10.2 Å². The minimum absolute atomic E-state index is 0.0776. The molecule has 1 aliphatic carbocycles. The molecule has 0 unspecified atom stereocenters. The molecule has 3 heterocycles. The Morgan fingerprint density at radius 1 is 1.39 bits per heavy atom. The molecule has 0 atom stereocenters. The molecule has 0 aromatic carbocycles. The molecule has 0 bridgehead atoms. The zero-order valence-electron chi connectivity index (χ0n) is 13.1. The highest BCUT2D eigenvalue weighted by Crippen LogP contribution is 2.35. The normalized spacial score (nSPS) is 13.8. The summed E-state index contributed by atoms with van der Waals surface area (Å²) in [6, 6.07) is 0. The second kappa shape index (κ2) is 5.76. The third-order valence-corrected chi connectivity index (χ3v) is 6.44. The molecule has 120 valence electrons. The molecule has 3 aromatic rings. The van der Waals surface area contributed by atoms with E-state index in [4.69, 9.17) is 4.98 Å². The number of hydrogen-bond donors (Lipinski definition) is 0. The maximum Gasteiger partial charge on any atom is 0.262 e. The van der Waals surface area contributed by atoms with Crippen molar-refractivity contribution in [2.75, 3.05) is 0 Å². The summed E-state index contributed by atoms with van der Waals surface area (Å²) in [5.74, 6) is 1.56. The van der Waals surface area contributed by atoms with Crippen LogP contribution in [0.15, 0.2) is 16.3 Å². The third kappa shape index (κ3) is 2.40. The average molecular weight is 347 g/mol. The molecule has 0 aliphatic heterocycles. The molecule has 4 rings (SSSR count). The van der Waals surface area contributed by atoms with Crippen LogP contribution in [0.2, 0.25) is 0 Å². The highest BCUT2D eigenvalue weighted by molar-refractivity contribution is 7.98. The van der Waals surface area contributed by atoms with Crippen molar-refractivity contribution in [1.82, 2.24) is 24.3 Å². The summed E-state index contributed by atoms with van der Waals surface area (Å²) in [5.41, 5.74) is 1.31. The SMILES string of the molecule is CCn1ncnc1CSc1nc2sc3c(c2c(=O)n1C)CCC3. The number of aryl methyl sites for hydroxylation is 3. The summed E-state index contributed by atoms with van der Waals surface area (Å²) in [7, 11) is 1.81. The predicted molar refractivity (Wildman–Crippen MR) is 92.1 cm³/mol. The molecule has 0 spiro atoms. The lowest BCUT2D eigenvalue weighted by molar-refractivity contribution is 0.632. The first-order valence-corrected chi connectivity index (χ1v) is 9.50. The number of thioether (sulfide) groups is 1. The van der Waals surface area contributed by atoms with E-state index in [0.29, 0.717) is 5.75 Å². The molecular formula is C15H17N5OS2. The van der Waals surface area contributed by atoms with Gasteiger partial charge in [0.2, 0.25) is 0 Å². The van der Waals surface area contributed by atoms with Crippen LogP contribution in [-0.2, 0) is 32.2 Å². The van der Waals surface area contributed by atoms with Gasteiger partial charge in [0.25, 0.3) is 5.56 Å². The summed E-state index contributed by atoms with van der Waals surface area (Å²) in [4.78, 5) is 24.0. The number of hydrogen-bond acceptors (Lipinski definition) is 6. The smallest absolute Gasteiger partial charge is 0.262 e. The lowest BCUT2D eigenvalue weighted by Crippen LogP contribution is -2.20. The quantitative estimate of drug-likeness (QED) is 0.535. The summed E-state index contributed by atoms with van der Waals surface area (Å²) in [6.45, 7) is 2.83. The second-order valence-corrected chi connectivity index (χ2v) is 7.60. The lowest BCUT2D eigenvalue weighted by atomic mass is 10.2. The van der Waals surface area contributed by atoms with Crippen LogP contribution in [0.3, 0.4) is 0 Å². The molecule has 8 heteroatoms. The third-order valence-electron chi connectivity index (χ3n) is 4.23. The summed E-state index contributed by atoms with van der Waals surface area (Å²) in [5, 5.41) is 5.76. The van der Waals surface area contributed by atoms with Gasteiger partial charge in [0.05, 0.1) is 11.1 Å². The summed E-state index contributed by atoms with van der Waals surface area (Å²) in [6.07, 6.45) is 4.82. The van der Waals surface area contributed by atoms with Crippen molar-refractivity contribution in [3.63, 3.8) is 0 Å². The van der Waals surface area contributed by atoms with E-state index < -0.39 is 0 Å². The summed E-state index contributed by atoms with van der Waals surface area (Å²) >= 11 is 3.22. The maximum absolute atomic E-state index is 12.7. The molecule has 6 nitrogen and oxygen atoms in total. The van der Waals surface area contributed by atoms with Crippen LogP contribution in [0, 0.1) is 0 Å². The molecule has 0 amide bonds. The Kier molecular flexibility index (Phi) is 3.73. The van der Waals surface area contributed by atoms with Gasteiger partial charge in [-0.3, -0.25) is 9.36 Å². The fourth-order valence-corrected chi connectivity index (χ4v) is 5.25. The van der Waals surface area contributed by atoms with Crippen LogP contribution >= 0.6 is 23.1 Å². The minimum atomic E-state index is 0.0776. The zero-order chi connectivity index (χ0) is 16.0. The first-order valence-electron chi connectivity index (χ1n) is 7.69. The zero-order valence-corrected chi connectivity index (χ0v) is 14.7. The Hall–Kier alpha value is -1.67. The van der Waals surface area contributed by atoms with Crippen molar-refractivity contribution in [3.8, 4) is 0 Å². The molecule has 0 fully saturated rings. The lowest BCUT2D eigenvalue weighted by Gasteiger charge is -2.07. The largest absolute Gasteiger partial charge is 0.290 e. The van der Waals surface area contributed by atoms with Crippen LogP contribution in [0.4, 0.5) is 0 Å². The Balaban J connectivity index is 1.71.